The zero-order chi connectivity index (χ0) is 20.4. The Morgan fingerprint density at radius 3 is 2.76 bits per heavy atom. The first-order valence-electron chi connectivity index (χ1n) is 9.38. The largest absolute Gasteiger partial charge is 0.497 e. The van der Waals surface area contributed by atoms with E-state index in [4.69, 9.17) is 4.74 Å². The van der Waals surface area contributed by atoms with E-state index < -0.39 is 0 Å². The van der Waals surface area contributed by atoms with E-state index in [1.165, 1.54) is 6.92 Å². The van der Waals surface area contributed by atoms with Gasteiger partial charge in [0.15, 0.2) is 0 Å². The molecule has 0 spiro atoms. The van der Waals surface area contributed by atoms with Gasteiger partial charge < -0.3 is 15.0 Å². The Hall–Kier alpha value is -3.61. The van der Waals surface area contributed by atoms with Gasteiger partial charge >= 0.3 is 0 Å². The molecule has 0 atom stereocenters. The molecule has 3 aromatic rings. The Balaban J connectivity index is 1.55. The standard InChI is InChI=1S/C22H22N4O3/c1-14(27)23-17-5-3-4-16(10-17)22-19-11-21(28)26(13-20(19)24-25-22)12-15-6-8-18(29-2)9-7-15/h3-10H,11-13H2,1-2H3,(H,23,27)(H,24,25). The maximum atomic E-state index is 12.8. The molecular formula is C22H22N4O3. The van der Waals surface area contributed by atoms with Gasteiger partial charge in [-0.15, -0.1) is 0 Å². The number of nitrogens with zero attached hydrogens (tertiary/aromatic N) is 2. The minimum atomic E-state index is -0.129. The smallest absolute Gasteiger partial charge is 0.227 e. The molecule has 7 nitrogen and oxygen atoms in total. The number of carbonyl (C=O) groups excluding carboxylic acids is 2. The summed E-state index contributed by atoms with van der Waals surface area (Å²) in [6.07, 6.45) is 0.293. The third-order valence-corrected chi connectivity index (χ3v) is 4.97. The van der Waals surface area contributed by atoms with Crippen LogP contribution < -0.4 is 10.1 Å². The van der Waals surface area contributed by atoms with Crippen molar-refractivity contribution in [2.75, 3.05) is 12.4 Å². The lowest BCUT2D eigenvalue weighted by molar-refractivity contribution is -0.132. The van der Waals surface area contributed by atoms with Crippen LogP contribution in [0.3, 0.4) is 0 Å². The summed E-state index contributed by atoms with van der Waals surface area (Å²) in [6.45, 7) is 2.49. The third-order valence-electron chi connectivity index (χ3n) is 4.97. The number of carbonyl (C=O) groups is 2. The van der Waals surface area contributed by atoms with Crippen molar-refractivity contribution in [2.45, 2.75) is 26.4 Å². The molecule has 0 saturated carbocycles. The second-order valence-corrected chi connectivity index (χ2v) is 7.07. The van der Waals surface area contributed by atoms with Gasteiger partial charge in [-0.3, -0.25) is 14.7 Å². The van der Waals surface area contributed by atoms with Gasteiger partial charge in [0.25, 0.3) is 0 Å². The van der Waals surface area contributed by atoms with Crippen LogP contribution in [0.2, 0.25) is 0 Å². The van der Waals surface area contributed by atoms with E-state index in [2.05, 4.69) is 15.5 Å². The Morgan fingerprint density at radius 1 is 1.24 bits per heavy atom. The number of amides is 2. The van der Waals surface area contributed by atoms with E-state index >= 15 is 0 Å². The van der Waals surface area contributed by atoms with Crippen molar-refractivity contribution in [3.05, 3.63) is 65.4 Å². The summed E-state index contributed by atoms with van der Waals surface area (Å²) in [6, 6.07) is 15.2. The van der Waals surface area contributed by atoms with Gasteiger partial charge in [-0.2, -0.15) is 5.10 Å². The molecule has 29 heavy (non-hydrogen) atoms. The number of rotatable bonds is 5. The lowest BCUT2D eigenvalue weighted by Gasteiger charge is -2.27. The number of H-pyrrole nitrogens is 1. The van der Waals surface area contributed by atoms with E-state index in [0.717, 1.165) is 33.8 Å². The monoisotopic (exact) mass is 390 g/mol. The summed E-state index contributed by atoms with van der Waals surface area (Å²) in [5.41, 5.74) is 5.23. The topological polar surface area (TPSA) is 87.3 Å². The lowest BCUT2D eigenvalue weighted by atomic mass is 9.99. The van der Waals surface area contributed by atoms with Gasteiger partial charge in [0.2, 0.25) is 11.8 Å². The Kier molecular flexibility index (Phi) is 5.03. The third kappa shape index (κ3) is 3.99. The van der Waals surface area contributed by atoms with Crippen LogP contribution in [0.5, 0.6) is 5.75 Å². The summed E-state index contributed by atoms with van der Waals surface area (Å²) in [5, 5.41) is 10.3. The molecule has 1 aliphatic heterocycles. The van der Waals surface area contributed by atoms with E-state index in [0.29, 0.717) is 25.2 Å². The number of methoxy groups -OCH3 is 1. The molecule has 0 saturated heterocycles. The first kappa shape index (κ1) is 18.7. The highest BCUT2D eigenvalue weighted by Gasteiger charge is 2.28. The van der Waals surface area contributed by atoms with Crippen molar-refractivity contribution in [1.82, 2.24) is 15.1 Å². The van der Waals surface area contributed by atoms with Crippen molar-refractivity contribution >= 4 is 17.5 Å². The van der Waals surface area contributed by atoms with Gasteiger partial charge in [0.05, 0.1) is 31.5 Å². The van der Waals surface area contributed by atoms with Crippen LogP contribution in [0.4, 0.5) is 5.69 Å². The van der Waals surface area contributed by atoms with Crippen LogP contribution >= 0.6 is 0 Å². The van der Waals surface area contributed by atoms with Gasteiger partial charge in [0.1, 0.15) is 5.75 Å². The van der Waals surface area contributed by atoms with Crippen LogP contribution in [0, 0.1) is 0 Å². The number of aromatic nitrogens is 2. The van der Waals surface area contributed by atoms with Crippen molar-refractivity contribution in [3.8, 4) is 17.0 Å². The highest BCUT2D eigenvalue weighted by molar-refractivity contribution is 5.90. The van der Waals surface area contributed by atoms with Crippen LogP contribution in [0.25, 0.3) is 11.3 Å². The molecule has 2 N–H and O–H groups in total. The fraction of sp³-hybridized carbons (Fsp3) is 0.227. The van der Waals surface area contributed by atoms with Crippen LogP contribution in [0.15, 0.2) is 48.5 Å². The minimum Gasteiger partial charge on any atom is -0.497 e. The Labute approximate surface area is 168 Å². The van der Waals surface area contributed by atoms with Gasteiger partial charge in [-0.05, 0) is 29.8 Å². The summed E-state index contributed by atoms with van der Waals surface area (Å²) in [5.74, 6) is 0.727. The van der Waals surface area contributed by atoms with Crippen molar-refractivity contribution in [2.24, 2.45) is 0 Å². The number of anilines is 1. The molecule has 2 amide bonds. The summed E-state index contributed by atoms with van der Waals surface area (Å²) < 4.78 is 5.18. The van der Waals surface area contributed by atoms with Crippen molar-refractivity contribution in [1.29, 1.82) is 0 Å². The molecule has 0 unspecified atom stereocenters. The maximum Gasteiger partial charge on any atom is 0.227 e. The molecule has 148 valence electrons. The average molecular weight is 390 g/mol. The second-order valence-electron chi connectivity index (χ2n) is 7.07. The zero-order valence-corrected chi connectivity index (χ0v) is 16.4. The Bertz CT molecular complexity index is 1060. The first-order chi connectivity index (χ1) is 14.0. The zero-order valence-electron chi connectivity index (χ0n) is 16.4. The molecular weight excluding hydrogens is 368 g/mol. The minimum absolute atomic E-state index is 0.0639. The lowest BCUT2D eigenvalue weighted by Crippen LogP contribution is -2.35. The number of aromatic amines is 1. The SMILES string of the molecule is COc1ccc(CN2Cc3[nH]nc(-c4cccc(NC(C)=O)c4)c3CC2=O)cc1. The maximum absolute atomic E-state index is 12.8. The number of nitrogens with one attached hydrogen (secondary N) is 2. The van der Waals surface area contributed by atoms with Crippen molar-refractivity contribution in [3.63, 3.8) is 0 Å². The van der Waals surface area contributed by atoms with Crippen LogP contribution in [0.1, 0.15) is 23.7 Å². The van der Waals surface area contributed by atoms with E-state index in [9.17, 15) is 9.59 Å². The number of benzene rings is 2. The van der Waals surface area contributed by atoms with Crippen molar-refractivity contribution < 1.29 is 14.3 Å². The molecule has 0 aliphatic carbocycles. The highest BCUT2D eigenvalue weighted by atomic mass is 16.5. The van der Waals surface area contributed by atoms with Gasteiger partial charge in [-0.1, -0.05) is 24.3 Å². The molecule has 1 aromatic heterocycles. The number of fused-ring (bicyclic) bond motifs is 1. The van der Waals surface area contributed by atoms with Gasteiger partial charge in [-0.25, -0.2) is 0 Å². The van der Waals surface area contributed by atoms with Crippen LogP contribution in [-0.2, 0) is 29.1 Å². The number of hydrogen-bond acceptors (Lipinski definition) is 4. The molecule has 4 rings (SSSR count). The van der Waals surface area contributed by atoms with Gasteiger partial charge in [0, 0.05) is 30.3 Å². The number of ether oxygens (including phenoxy) is 1. The molecule has 2 heterocycles. The van der Waals surface area contributed by atoms with E-state index in [1.54, 1.807) is 7.11 Å². The predicted octanol–water partition coefficient (Wildman–Crippen LogP) is 3.13. The summed E-state index contributed by atoms with van der Waals surface area (Å²) in [4.78, 5) is 25.9. The normalized spacial score (nSPS) is 13.2. The van der Waals surface area contributed by atoms with Crippen LogP contribution in [-0.4, -0.2) is 34.0 Å². The quantitative estimate of drug-likeness (QED) is 0.701. The molecule has 7 heteroatoms. The molecule has 1 aliphatic rings. The highest BCUT2D eigenvalue weighted by Crippen LogP contribution is 2.30. The fourth-order valence-electron chi connectivity index (χ4n) is 3.55. The molecule has 0 radical (unpaired) electrons. The predicted molar refractivity (Wildman–Crippen MR) is 109 cm³/mol. The first-order valence-corrected chi connectivity index (χ1v) is 9.38. The van der Waals surface area contributed by atoms with E-state index in [-0.39, 0.29) is 11.8 Å². The fourth-order valence-corrected chi connectivity index (χ4v) is 3.55. The summed E-state index contributed by atoms with van der Waals surface area (Å²) >= 11 is 0. The molecule has 0 fully saturated rings. The molecule has 2 aromatic carbocycles. The second kappa shape index (κ2) is 7.79. The Morgan fingerprint density at radius 2 is 2.03 bits per heavy atom. The summed E-state index contributed by atoms with van der Waals surface area (Å²) in [7, 11) is 1.63. The number of hydrogen-bond donors (Lipinski definition) is 2. The average Bonchev–Trinajstić information content (AvgIpc) is 3.11. The van der Waals surface area contributed by atoms with E-state index in [1.807, 2.05) is 53.4 Å². The molecule has 0 bridgehead atoms.